The van der Waals surface area contributed by atoms with Crippen LogP contribution in [0.4, 0.5) is 5.69 Å². The van der Waals surface area contributed by atoms with E-state index in [0.717, 1.165) is 28.6 Å². The van der Waals surface area contributed by atoms with E-state index in [4.69, 9.17) is 0 Å². The largest absolute Gasteiger partial charge is 0.465 e. The first kappa shape index (κ1) is 14.5. The Morgan fingerprint density at radius 3 is 2.48 bits per heavy atom. The standard InChI is InChI=1S/C18H15NO2/c1-14-12-16(9-8-15-6-4-3-5-7-15)10-11-17(14)19-13-18(20)21-2/h3-7,10-13H,1-2H3. The van der Waals surface area contributed by atoms with Crippen molar-refractivity contribution < 1.29 is 9.53 Å². The number of benzene rings is 2. The molecule has 0 saturated heterocycles. The summed E-state index contributed by atoms with van der Waals surface area (Å²) in [6, 6.07) is 15.5. The maximum Gasteiger partial charge on any atom is 0.349 e. The molecule has 0 unspecified atom stereocenters. The zero-order valence-electron chi connectivity index (χ0n) is 12.0. The molecule has 3 nitrogen and oxygen atoms in total. The molecule has 0 N–H and O–H groups in total. The summed E-state index contributed by atoms with van der Waals surface area (Å²) in [5, 5.41) is 0. The summed E-state index contributed by atoms with van der Waals surface area (Å²) >= 11 is 0. The lowest BCUT2D eigenvalue weighted by Crippen LogP contribution is -2.00. The number of methoxy groups -OCH3 is 1. The number of aliphatic imine (C=N–C) groups is 1. The third kappa shape index (κ3) is 4.32. The molecule has 0 heterocycles. The molecule has 0 bridgehead atoms. The number of aryl methyl sites for hydroxylation is 1. The molecule has 2 aromatic carbocycles. The number of rotatable bonds is 2. The average Bonchev–Trinajstić information content (AvgIpc) is 2.52. The van der Waals surface area contributed by atoms with Gasteiger partial charge >= 0.3 is 5.97 Å². The molecule has 104 valence electrons. The highest BCUT2D eigenvalue weighted by molar-refractivity contribution is 6.23. The van der Waals surface area contributed by atoms with Crippen molar-refractivity contribution >= 4 is 17.9 Å². The summed E-state index contributed by atoms with van der Waals surface area (Å²) in [6.07, 6.45) is 1.16. The SMILES string of the molecule is COC(=O)C=Nc1ccc(C#Cc2ccccc2)cc1C. The minimum atomic E-state index is -0.470. The fraction of sp³-hybridized carbons (Fsp3) is 0.111. The van der Waals surface area contributed by atoms with E-state index in [1.54, 1.807) is 0 Å². The molecule has 21 heavy (non-hydrogen) atoms. The number of hydrogen-bond donors (Lipinski definition) is 0. The van der Waals surface area contributed by atoms with Crippen molar-refractivity contribution in [3.8, 4) is 11.8 Å². The third-order valence-corrected chi connectivity index (χ3v) is 2.83. The molecule has 2 rings (SSSR count). The molecule has 0 fully saturated rings. The summed E-state index contributed by atoms with van der Waals surface area (Å²) in [5.74, 6) is 5.75. The highest BCUT2D eigenvalue weighted by atomic mass is 16.5. The fourth-order valence-corrected chi connectivity index (χ4v) is 1.72. The Balaban J connectivity index is 2.18. The second-order valence-electron chi connectivity index (χ2n) is 4.40. The second-order valence-corrected chi connectivity index (χ2v) is 4.40. The van der Waals surface area contributed by atoms with Crippen LogP contribution in [0.1, 0.15) is 16.7 Å². The van der Waals surface area contributed by atoms with Crippen LogP contribution in [-0.4, -0.2) is 19.3 Å². The molecule has 3 heteroatoms. The van der Waals surface area contributed by atoms with Crippen molar-refractivity contribution in [3.05, 3.63) is 65.2 Å². The molecule has 0 aliphatic heterocycles. The van der Waals surface area contributed by atoms with Crippen LogP contribution in [0.5, 0.6) is 0 Å². The van der Waals surface area contributed by atoms with Gasteiger partial charge in [-0.15, -0.1) is 0 Å². The topological polar surface area (TPSA) is 38.7 Å². The highest BCUT2D eigenvalue weighted by Crippen LogP contribution is 2.19. The van der Waals surface area contributed by atoms with E-state index in [0.29, 0.717) is 0 Å². The highest BCUT2D eigenvalue weighted by Gasteiger charge is 1.98. The zero-order valence-corrected chi connectivity index (χ0v) is 12.0. The van der Waals surface area contributed by atoms with Crippen LogP contribution in [0.3, 0.4) is 0 Å². The summed E-state index contributed by atoms with van der Waals surface area (Å²) in [6.45, 7) is 1.93. The van der Waals surface area contributed by atoms with Gasteiger partial charge in [0.25, 0.3) is 0 Å². The van der Waals surface area contributed by atoms with Gasteiger partial charge in [-0.05, 0) is 42.8 Å². The normalized spacial score (nSPS) is 10.0. The Labute approximate surface area is 124 Å². The van der Waals surface area contributed by atoms with Crippen molar-refractivity contribution in [2.45, 2.75) is 6.92 Å². The van der Waals surface area contributed by atoms with E-state index in [1.165, 1.54) is 7.11 Å². The smallest absolute Gasteiger partial charge is 0.349 e. The molecule has 0 saturated carbocycles. The third-order valence-electron chi connectivity index (χ3n) is 2.83. The number of carbonyl (C=O) groups is 1. The van der Waals surface area contributed by atoms with Crippen molar-refractivity contribution in [1.29, 1.82) is 0 Å². The Morgan fingerprint density at radius 2 is 1.81 bits per heavy atom. The molecule has 0 atom stereocenters. The van der Waals surface area contributed by atoms with Crippen molar-refractivity contribution in [1.82, 2.24) is 0 Å². The summed E-state index contributed by atoms with van der Waals surface area (Å²) in [7, 11) is 1.32. The van der Waals surface area contributed by atoms with Gasteiger partial charge in [0.05, 0.1) is 12.8 Å². The van der Waals surface area contributed by atoms with Crippen LogP contribution in [0.15, 0.2) is 53.5 Å². The van der Waals surface area contributed by atoms with E-state index < -0.39 is 5.97 Å². The first-order valence-corrected chi connectivity index (χ1v) is 6.49. The number of ether oxygens (including phenoxy) is 1. The van der Waals surface area contributed by atoms with Crippen molar-refractivity contribution in [2.24, 2.45) is 4.99 Å². The maximum absolute atomic E-state index is 11.0. The molecule has 0 aliphatic carbocycles. The monoisotopic (exact) mass is 277 g/mol. The number of nitrogens with zero attached hydrogens (tertiary/aromatic N) is 1. The van der Waals surface area contributed by atoms with Crippen LogP contribution in [0, 0.1) is 18.8 Å². The molecular formula is C18H15NO2. The van der Waals surface area contributed by atoms with Gasteiger partial charge in [0.1, 0.15) is 6.21 Å². The van der Waals surface area contributed by atoms with E-state index in [2.05, 4.69) is 21.6 Å². The Bertz CT molecular complexity index is 722. The number of esters is 1. The van der Waals surface area contributed by atoms with E-state index in [-0.39, 0.29) is 0 Å². The van der Waals surface area contributed by atoms with E-state index in [1.807, 2.05) is 55.5 Å². The first-order chi connectivity index (χ1) is 10.2. The van der Waals surface area contributed by atoms with Gasteiger partial charge < -0.3 is 4.74 Å². The average molecular weight is 277 g/mol. The molecular weight excluding hydrogens is 262 g/mol. The second kappa shape index (κ2) is 7.06. The van der Waals surface area contributed by atoms with Crippen LogP contribution in [0.25, 0.3) is 0 Å². The molecule has 0 aliphatic rings. The van der Waals surface area contributed by atoms with Crippen LogP contribution in [0.2, 0.25) is 0 Å². The minimum absolute atomic E-state index is 0.470. The predicted octanol–water partition coefficient (Wildman–Crippen LogP) is 3.27. The predicted molar refractivity (Wildman–Crippen MR) is 83.8 cm³/mol. The van der Waals surface area contributed by atoms with Gasteiger partial charge in [-0.3, -0.25) is 0 Å². The van der Waals surface area contributed by atoms with Gasteiger partial charge in [0.2, 0.25) is 0 Å². The molecule has 2 aromatic rings. The van der Waals surface area contributed by atoms with Gasteiger partial charge in [-0.25, -0.2) is 9.79 Å². The Hall–Kier alpha value is -2.86. The first-order valence-electron chi connectivity index (χ1n) is 6.49. The van der Waals surface area contributed by atoms with Crippen molar-refractivity contribution in [2.75, 3.05) is 7.11 Å². The quantitative estimate of drug-likeness (QED) is 0.480. The number of carbonyl (C=O) groups excluding carboxylic acids is 1. The zero-order chi connectivity index (χ0) is 15.1. The fourth-order valence-electron chi connectivity index (χ4n) is 1.72. The molecule has 0 aromatic heterocycles. The van der Waals surface area contributed by atoms with Crippen LogP contribution in [-0.2, 0) is 9.53 Å². The van der Waals surface area contributed by atoms with E-state index in [9.17, 15) is 4.79 Å². The lowest BCUT2D eigenvalue weighted by molar-refractivity contribution is -0.132. The number of hydrogen-bond acceptors (Lipinski definition) is 3. The molecule has 0 spiro atoms. The lowest BCUT2D eigenvalue weighted by atomic mass is 10.1. The summed E-state index contributed by atoms with van der Waals surface area (Å²) in [4.78, 5) is 15.1. The Kier molecular flexibility index (Phi) is 4.89. The Morgan fingerprint density at radius 1 is 1.10 bits per heavy atom. The minimum Gasteiger partial charge on any atom is -0.465 e. The summed E-state index contributed by atoms with van der Waals surface area (Å²) in [5.41, 5.74) is 3.57. The van der Waals surface area contributed by atoms with Crippen LogP contribution >= 0.6 is 0 Å². The maximum atomic E-state index is 11.0. The summed E-state index contributed by atoms with van der Waals surface area (Å²) < 4.78 is 4.51. The van der Waals surface area contributed by atoms with E-state index >= 15 is 0 Å². The van der Waals surface area contributed by atoms with Gasteiger partial charge in [-0.2, -0.15) is 0 Å². The van der Waals surface area contributed by atoms with Gasteiger partial charge in [0.15, 0.2) is 0 Å². The van der Waals surface area contributed by atoms with Crippen molar-refractivity contribution in [3.63, 3.8) is 0 Å². The molecule has 0 amide bonds. The van der Waals surface area contributed by atoms with Gasteiger partial charge in [-0.1, -0.05) is 30.0 Å². The van der Waals surface area contributed by atoms with Gasteiger partial charge in [0, 0.05) is 11.1 Å². The molecule has 0 radical (unpaired) electrons. The lowest BCUT2D eigenvalue weighted by Gasteiger charge is -2.00. The van der Waals surface area contributed by atoms with Crippen LogP contribution < -0.4 is 0 Å².